The minimum Gasteiger partial charge on any atom is -0.490 e. The summed E-state index contributed by atoms with van der Waals surface area (Å²) in [5.41, 5.74) is 2.52. The van der Waals surface area contributed by atoms with Crippen LogP contribution in [0, 0.1) is 12.8 Å². The maximum absolute atomic E-state index is 6.23. The first-order valence-electron chi connectivity index (χ1n) is 6.52. The molecule has 0 heterocycles. The molecule has 0 unspecified atom stereocenters. The minimum absolute atomic E-state index is 0.421. The molecule has 0 N–H and O–H groups in total. The van der Waals surface area contributed by atoms with Gasteiger partial charge in [-0.25, -0.2) is 0 Å². The Hall–Kier alpha value is -0.500. The quantitative estimate of drug-likeness (QED) is 0.725. The van der Waals surface area contributed by atoms with Crippen molar-refractivity contribution in [3.63, 3.8) is 0 Å². The molecular formula is C15H21BrO. The van der Waals surface area contributed by atoms with E-state index < -0.39 is 0 Å². The fourth-order valence-corrected chi connectivity index (χ4v) is 2.94. The van der Waals surface area contributed by atoms with Crippen molar-refractivity contribution in [1.29, 1.82) is 0 Å². The van der Waals surface area contributed by atoms with Crippen molar-refractivity contribution in [3.05, 3.63) is 29.3 Å². The first kappa shape index (κ1) is 12.9. The second-order valence-electron chi connectivity index (χ2n) is 5.20. The standard InChI is InChI=1S/C15H21BrO/c1-11-6-8-14(9-7-11)17-15-12(2)4-3-5-13(15)10-16/h3-5,11,14H,6-10H2,1-2H3. The molecule has 0 amide bonds. The number of benzene rings is 1. The Morgan fingerprint density at radius 3 is 2.59 bits per heavy atom. The SMILES string of the molecule is Cc1cccc(CBr)c1OC1CCC(C)CC1. The summed E-state index contributed by atoms with van der Waals surface area (Å²) in [4.78, 5) is 0. The van der Waals surface area contributed by atoms with Crippen LogP contribution in [0.25, 0.3) is 0 Å². The van der Waals surface area contributed by atoms with E-state index in [9.17, 15) is 0 Å². The highest BCUT2D eigenvalue weighted by Gasteiger charge is 2.20. The van der Waals surface area contributed by atoms with Crippen LogP contribution in [0.1, 0.15) is 43.7 Å². The van der Waals surface area contributed by atoms with Crippen molar-refractivity contribution in [2.24, 2.45) is 5.92 Å². The van der Waals surface area contributed by atoms with Crippen molar-refractivity contribution in [1.82, 2.24) is 0 Å². The predicted molar refractivity (Wildman–Crippen MR) is 75.9 cm³/mol. The topological polar surface area (TPSA) is 9.23 Å². The molecule has 1 saturated carbocycles. The number of alkyl halides is 1. The van der Waals surface area contributed by atoms with E-state index in [-0.39, 0.29) is 0 Å². The Bertz CT molecular complexity index is 367. The van der Waals surface area contributed by atoms with Gasteiger partial charge in [0.1, 0.15) is 5.75 Å². The van der Waals surface area contributed by atoms with Crippen LogP contribution in [0.4, 0.5) is 0 Å². The first-order chi connectivity index (χ1) is 8.20. The Labute approximate surface area is 113 Å². The number of hydrogen-bond donors (Lipinski definition) is 0. The van der Waals surface area contributed by atoms with Crippen molar-refractivity contribution < 1.29 is 4.74 Å². The monoisotopic (exact) mass is 296 g/mol. The van der Waals surface area contributed by atoms with E-state index in [4.69, 9.17) is 4.74 Å². The Morgan fingerprint density at radius 1 is 1.24 bits per heavy atom. The van der Waals surface area contributed by atoms with E-state index in [0.29, 0.717) is 6.10 Å². The molecule has 17 heavy (non-hydrogen) atoms. The molecule has 1 aliphatic carbocycles. The molecule has 1 aromatic carbocycles. The summed E-state index contributed by atoms with van der Waals surface area (Å²) in [5, 5.41) is 0.868. The maximum Gasteiger partial charge on any atom is 0.126 e. The number of halogens is 1. The zero-order valence-corrected chi connectivity index (χ0v) is 12.3. The van der Waals surface area contributed by atoms with Crippen molar-refractivity contribution in [2.45, 2.75) is 51.0 Å². The van der Waals surface area contributed by atoms with Gasteiger partial charge in [-0.2, -0.15) is 0 Å². The van der Waals surface area contributed by atoms with Crippen molar-refractivity contribution in [3.8, 4) is 5.75 Å². The summed E-state index contributed by atoms with van der Waals surface area (Å²) in [6, 6.07) is 6.37. The molecule has 1 fully saturated rings. The molecule has 0 atom stereocenters. The van der Waals surface area contributed by atoms with Crippen LogP contribution in [0.3, 0.4) is 0 Å². The van der Waals surface area contributed by atoms with Crippen LogP contribution in [0.2, 0.25) is 0 Å². The van der Waals surface area contributed by atoms with Gasteiger partial charge in [0.05, 0.1) is 6.10 Å². The molecule has 0 bridgehead atoms. The molecule has 94 valence electrons. The second-order valence-corrected chi connectivity index (χ2v) is 5.76. The van der Waals surface area contributed by atoms with Gasteiger partial charge >= 0.3 is 0 Å². The average molecular weight is 297 g/mol. The molecule has 2 heteroatoms. The molecular weight excluding hydrogens is 276 g/mol. The molecule has 1 aliphatic rings. The van der Waals surface area contributed by atoms with E-state index in [1.165, 1.54) is 36.8 Å². The molecule has 1 nitrogen and oxygen atoms in total. The number of hydrogen-bond acceptors (Lipinski definition) is 1. The van der Waals surface area contributed by atoms with Gasteiger partial charge in [-0.05, 0) is 44.1 Å². The highest BCUT2D eigenvalue weighted by molar-refractivity contribution is 9.08. The van der Waals surface area contributed by atoms with E-state index in [1.54, 1.807) is 0 Å². The highest BCUT2D eigenvalue weighted by Crippen LogP contribution is 2.31. The Balaban J connectivity index is 2.07. The second kappa shape index (κ2) is 5.90. The highest BCUT2D eigenvalue weighted by atomic mass is 79.9. The van der Waals surface area contributed by atoms with Crippen molar-refractivity contribution >= 4 is 15.9 Å². The summed E-state index contributed by atoms with van der Waals surface area (Å²) in [7, 11) is 0. The lowest BCUT2D eigenvalue weighted by Crippen LogP contribution is -2.23. The average Bonchev–Trinajstić information content (AvgIpc) is 2.34. The molecule has 0 saturated heterocycles. The van der Waals surface area contributed by atoms with Gasteiger partial charge in [0.25, 0.3) is 0 Å². The summed E-state index contributed by atoms with van der Waals surface area (Å²) in [6.07, 6.45) is 5.44. The molecule has 2 rings (SSSR count). The molecule has 1 aromatic rings. The first-order valence-corrected chi connectivity index (χ1v) is 7.64. The fourth-order valence-electron chi connectivity index (χ4n) is 2.50. The number of rotatable bonds is 3. The molecule has 0 spiro atoms. The zero-order valence-electron chi connectivity index (χ0n) is 10.7. The normalized spacial score (nSPS) is 24.6. The molecule has 0 aliphatic heterocycles. The summed E-state index contributed by atoms with van der Waals surface area (Å²) >= 11 is 3.54. The van der Waals surface area contributed by atoms with E-state index in [0.717, 1.165) is 17.0 Å². The lowest BCUT2D eigenvalue weighted by Gasteiger charge is -2.28. The van der Waals surface area contributed by atoms with Crippen LogP contribution in [0.5, 0.6) is 5.75 Å². The Morgan fingerprint density at radius 2 is 1.94 bits per heavy atom. The fraction of sp³-hybridized carbons (Fsp3) is 0.600. The largest absolute Gasteiger partial charge is 0.490 e. The van der Waals surface area contributed by atoms with Crippen LogP contribution in [-0.4, -0.2) is 6.10 Å². The third-order valence-electron chi connectivity index (χ3n) is 3.68. The van der Waals surface area contributed by atoms with Crippen LogP contribution in [-0.2, 0) is 5.33 Å². The lowest BCUT2D eigenvalue weighted by atomic mass is 9.89. The molecule has 0 radical (unpaired) electrons. The zero-order chi connectivity index (χ0) is 12.3. The van der Waals surface area contributed by atoms with E-state index >= 15 is 0 Å². The maximum atomic E-state index is 6.23. The van der Waals surface area contributed by atoms with Gasteiger partial charge in [-0.1, -0.05) is 41.1 Å². The van der Waals surface area contributed by atoms with E-state index in [2.05, 4.69) is 48.0 Å². The van der Waals surface area contributed by atoms with Gasteiger partial charge in [-0.15, -0.1) is 0 Å². The van der Waals surface area contributed by atoms with Crippen LogP contribution < -0.4 is 4.74 Å². The number of ether oxygens (including phenoxy) is 1. The number of aryl methyl sites for hydroxylation is 1. The van der Waals surface area contributed by atoms with Crippen LogP contribution in [0.15, 0.2) is 18.2 Å². The third kappa shape index (κ3) is 3.25. The minimum atomic E-state index is 0.421. The summed E-state index contributed by atoms with van der Waals surface area (Å²) in [6.45, 7) is 4.47. The summed E-state index contributed by atoms with van der Waals surface area (Å²) < 4.78 is 6.23. The van der Waals surface area contributed by atoms with Gasteiger partial charge in [-0.3, -0.25) is 0 Å². The van der Waals surface area contributed by atoms with Gasteiger partial charge in [0.2, 0.25) is 0 Å². The van der Waals surface area contributed by atoms with Crippen molar-refractivity contribution in [2.75, 3.05) is 0 Å². The Kier molecular flexibility index (Phi) is 4.49. The van der Waals surface area contributed by atoms with E-state index in [1.807, 2.05) is 0 Å². The number of para-hydroxylation sites is 1. The smallest absolute Gasteiger partial charge is 0.126 e. The lowest BCUT2D eigenvalue weighted by molar-refractivity contribution is 0.134. The van der Waals surface area contributed by atoms with Gasteiger partial charge in [0, 0.05) is 10.9 Å². The molecule has 0 aromatic heterocycles. The van der Waals surface area contributed by atoms with Gasteiger partial charge < -0.3 is 4.74 Å². The third-order valence-corrected chi connectivity index (χ3v) is 4.29. The predicted octanol–water partition coefficient (Wildman–Crippen LogP) is 4.85. The van der Waals surface area contributed by atoms with Crippen LogP contribution >= 0.6 is 15.9 Å². The van der Waals surface area contributed by atoms with Gasteiger partial charge in [0.15, 0.2) is 0 Å². The summed E-state index contributed by atoms with van der Waals surface area (Å²) in [5.74, 6) is 1.98.